The molecular formula is C19H20ClN3O3S. The Morgan fingerprint density at radius 3 is 2.52 bits per heavy atom. The monoisotopic (exact) mass is 405 g/mol. The molecule has 0 saturated carbocycles. The number of nitrogens with one attached hydrogen (secondary N) is 2. The molecule has 6 nitrogen and oxygen atoms in total. The molecule has 142 valence electrons. The van der Waals surface area contributed by atoms with Crippen molar-refractivity contribution in [1.82, 2.24) is 9.88 Å². The lowest BCUT2D eigenvalue weighted by Gasteiger charge is -2.09. The summed E-state index contributed by atoms with van der Waals surface area (Å²) in [5.74, 6) is -0.197. The van der Waals surface area contributed by atoms with Crippen molar-refractivity contribution in [2.45, 2.75) is 11.8 Å². The lowest BCUT2D eigenvalue weighted by molar-refractivity contribution is 0.252. The number of sulfone groups is 1. The number of benzene rings is 2. The molecule has 2 amide bonds. The zero-order valence-corrected chi connectivity index (χ0v) is 16.6. The lowest BCUT2D eigenvalue weighted by Crippen LogP contribution is -2.33. The van der Waals surface area contributed by atoms with E-state index in [1.54, 1.807) is 37.3 Å². The largest absolute Gasteiger partial charge is 0.347 e. The SMILES string of the molecule is Cc1c(S(=O)(=O)CCNC(=O)Nc2ccccc2Cl)c2ccccc2n1C. The highest BCUT2D eigenvalue weighted by atomic mass is 35.5. The van der Waals surface area contributed by atoms with Gasteiger partial charge in [0.15, 0.2) is 9.84 Å². The predicted octanol–water partition coefficient (Wildman–Crippen LogP) is 3.74. The highest BCUT2D eigenvalue weighted by Gasteiger charge is 2.24. The van der Waals surface area contributed by atoms with Crippen LogP contribution in [0.1, 0.15) is 5.69 Å². The first-order chi connectivity index (χ1) is 12.8. The molecule has 8 heteroatoms. The molecule has 0 aliphatic heterocycles. The van der Waals surface area contributed by atoms with E-state index in [0.29, 0.717) is 26.7 Å². The van der Waals surface area contributed by atoms with E-state index in [0.717, 1.165) is 5.52 Å². The summed E-state index contributed by atoms with van der Waals surface area (Å²) in [4.78, 5) is 12.3. The summed E-state index contributed by atoms with van der Waals surface area (Å²) in [5.41, 5.74) is 2.00. The fraction of sp³-hybridized carbons (Fsp3) is 0.211. The Kier molecular flexibility index (Phi) is 5.43. The summed E-state index contributed by atoms with van der Waals surface area (Å²) in [6, 6.07) is 13.7. The minimum Gasteiger partial charge on any atom is -0.347 e. The predicted molar refractivity (Wildman–Crippen MR) is 108 cm³/mol. The minimum absolute atomic E-state index is 0.0126. The first kappa shape index (κ1) is 19.3. The second kappa shape index (κ2) is 7.62. The number of hydrogen-bond donors (Lipinski definition) is 2. The van der Waals surface area contributed by atoms with E-state index in [1.807, 2.05) is 29.8 Å². The van der Waals surface area contributed by atoms with Crippen LogP contribution in [-0.4, -0.2) is 31.3 Å². The third-order valence-electron chi connectivity index (χ3n) is 4.43. The van der Waals surface area contributed by atoms with Crippen molar-refractivity contribution in [2.75, 3.05) is 17.6 Å². The van der Waals surface area contributed by atoms with Crippen LogP contribution in [0.4, 0.5) is 10.5 Å². The van der Waals surface area contributed by atoms with Gasteiger partial charge in [-0.25, -0.2) is 13.2 Å². The molecule has 3 aromatic rings. The van der Waals surface area contributed by atoms with E-state index in [2.05, 4.69) is 10.6 Å². The number of fused-ring (bicyclic) bond motifs is 1. The molecule has 1 aromatic heterocycles. The number of para-hydroxylation sites is 2. The number of aromatic nitrogens is 1. The number of amides is 2. The second-order valence-corrected chi connectivity index (χ2v) is 8.62. The minimum atomic E-state index is -3.56. The number of nitrogens with zero attached hydrogens (tertiary/aromatic N) is 1. The Bertz CT molecular complexity index is 1110. The van der Waals surface area contributed by atoms with Gasteiger partial charge < -0.3 is 15.2 Å². The smallest absolute Gasteiger partial charge is 0.319 e. The van der Waals surface area contributed by atoms with Gasteiger partial charge in [0.1, 0.15) is 0 Å². The van der Waals surface area contributed by atoms with Gasteiger partial charge in [-0.3, -0.25) is 0 Å². The van der Waals surface area contributed by atoms with Crippen LogP contribution in [0.5, 0.6) is 0 Å². The average molecular weight is 406 g/mol. The molecular weight excluding hydrogens is 386 g/mol. The van der Waals surface area contributed by atoms with Crippen LogP contribution in [0.2, 0.25) is 5.02 Å². The molecule has 0 aliphatic carbocycles. The normalized spacial score (nSPS) is 11.5. The van der Waals surface area contributed by atoms with Gasteiger partial charge >= 0.3 is 6.03 Å². The van der Waals surface area contributed by atoms with Crippen molar-refractivity contribution < 1.29 is 13.2 Å². The van der Waals surface area contributed by atoms with Crippen LogP contribution in [0.25, 0.3) is 10.9 Å². The number of rotatable bonds is 5. The van der Waals surface area contributed by atoms with Crippen molar-refractivity contribution in [3.8, 4) is 0 Å². The van der Waals surface area contributed by atoms with Crippen LogP contribution < -0.4 is 10.6 Å². The first-order valence-corrected chi connectivity index (χ1v) is 10.4. The molecule has 1 heterocycles. The summed E-state index contributed by atoms with van der Waals surface area (Å²) < 4.78 is 27.6. The van der Waals surface area contributed by atoms with Crippen molar-refractivity contribution in [3.63, 3.8) is 0 Å². The molecule has 3 rings (SSSR count). The van der Waals surface area contributed by atoms with Crippen LogP contribution >= 0.6 is 11.6 Å². The molecule has 0 radical (unpaired) electrons. The molecule has 0 fully saturated rings. The Hall–Kier alpha value is -2.51. The van der Waals surface area contributed by atoms with Gasteiger partial charge in [-0.2, -0.15) is 0 Å². The van der Waals surface area contributed by atoms with Gasteiger partial charge in [0.2, 0.25) is 0 Å². The molecule has 0 atom stereocenters. The number of carbonyl (C=O) groups is 1. The fourth-order valence-corrected chi connectivity index (χ4v) is 4.86. The molecule has 0 saturated heterocycles. The van der Waals surface area contributed by atoms with Gasteiger partial charge in [0.05, 0.1) is 21.4 Å². The third kappa shape index (κ3) is 3.94. The zero-order chi connectivity index (χ0) is 19.6. The average Bonchev–Trinajstić information content (AvgIpc) is 2.89. The topological polar surface area (TPSA) is 80.2 Å². The van der Waals surface area contributed by atoms with Crippen LogP contribution in [0, 0.1) is 6.92 Å². The number of urea groups is 1. The maximum absolute atomic E-state index is 12.9. The standard InChI is InChI=1S/C19H20ClN3O3S/c1-13-18(14-7-3-6-10-17(14)23(13)2)27(25,26)12-11-21-19(24)22-16-9-5-4-8-15(16)20/h3-10H,11-12H2,1-2H3,(H2,21,22,24). The maximum Gasteiger partial charge on any atom is 0.319 e. The summed E-state index contributed by atoms with van der Waals surface area (Å²) in [6.07, 6.45) is 0. The van der Waals surface area contributed by atoms with Gasteiger partial charge in [-0.05, 0) is 25.1 Å². The highest BCUT2D eigenvalue weighted by molar-refractivity contribution is 7.91. The zero-order valence-electron chi connectivity index (χ0n) is 15.0. The van der Waals surface area contributed by atoms with Crippen molar-refractivity contribution in [2.24, 2.45) is 7.05 Å². The Balaban J connectivity index is 1.70. The number of carbonyl (C=O) groups excluding carboxylic acids is 1. The van der Waals surface area contributed by atoms with Gasteiger partial charge in [-0.15, -0.1) is 0 Å². The van der Waals surface area contributed by atoms with Crippen LogP contribution in [0.3, 0.4) is 0 Å². The maximum atomic E-state index is 12.9. The Labute approximate surface area is 163 Å². The Morgan fingerprint density at radius 2 is 1.78 bits per heavy atom. The number of halogens is 1. The Morgan fingerprint density at radius 1 is 1.11 bits per heavy atom. The second-order valence-electron chi connectivity index (χ2n) is 6.17. The lowest BCUT2D eigenvalue weighted by atomic mass is 10.2. The summed E-state index contributed by atoms with van der Waals surface area (Å²) >= 11 is 5.99. The van der Waals surface area contributed by atoms with Gasteiger partial charge in [-0.1, -0.05) is 41.9 Å². The van der Waals surface area contributed by atoms with E-state index < -0.39 is 15.9 Å². The third-order valence-corrected chi connectivity index (χ3v) is 6.64. The number of aryl methyl sites for hydroxylation is 1. The van der Waals surface area contributed by atoms with Gasteiger partial charge in [0, 0.05) is 30.2 Å². The van der Waals surface area contributed by atoms with Crippen molar-refractivity contribution in [1.29, 1.82) is 0 Å². The number of anilines is 1. The molecule has 27 heavy (non-hydrogen) atoms. The quantitative estimate of drug-likeness (QED) is 0.678. The van der Waals surface area contributed by atoms with E-state index in [4.69, 9.17) is 11.6 Å². The number of hydrogen-bond acceptors (Lipinski definition) is 3. The van der Waals surface area contributed by atoms with Crippen molar-refractivity contribution in [3.05, 3.63) is 59.2 Å². The molecule has 0 unspecified atom stereocenters. The summed E-state index contributed by atoms with van der Waals surface area (Å²) in [6.45, 7) is 1.77. The summed E-state index contributed by atoms with van der Waals surface area (Å²) in [7, 11) is -1.72. The van der Waals surface area contributed by atoms with E-state index in [1.165, 1.54) is 0 Å². The fourth-order valence-electron chi connectivity index (χ4n) is 3.01. The molecule has 0 bridgehead atoms. The first-order valence-electron chi connectivity index (χ1n) is 8.37. The van der Waals surface area contributed by atoms with E-state index >= 15 is 0 Å². The summed E-state index contributed by atoms with van der Waals surface area (Å²) in [5, 5.41) is 6.27. The van der Waals surface area contributed by atoms with E-state index in [9.17, 15) is 13.2 Å². The molecule has 0 spiro atoms. The molecule has 0 aliphatic rings. The molecule has 2 N–H and O–H groups in total. The van der Waals surface area contributed by atoms with Gasteiger partial charge in [0.25, 0.3) is 0 Å². The van der Waals surface area contributed by atoms with Crippen LogP contribution in [0.15, 0.2) is 53.4 Å². The van der Waals surface area contributed by atoms with Crippen molar-refractivity contribution >= 4 is 44.1 Å². The van der Waals surface area contributed by atoms with E-state index in [-0.39, 0.29) is 12.3 Å². The van der Waals surface area contributed by atoms with Crippen LogP contribution in [-0.2, 0) is 16.9 Å². The molecule has 2 aromatic carbocycles. The highest BCUT2D eigenvalue weighted by Crippen LogP contribution is 2.29.